The maximum Gasteiger partial charge on any atom is 0.180 e. The number of thiazole rings is 1. The SMILES string of the molecule is COc1ccc(C=Cc2csc(N)n2)cc1C. The van der Waals surface area contributed by atoms with Crippen molar-refractivity contribution in [2.75, 3.05) is 12.8 Å². The maximum absolute atomic E-state index is 5.57. The van der Waals surface area contributed by atoms with Gasteiger partial charge >= 0.3 is 0 Å². The topological polar surface area (TPSA) is 48.1 Å². The number of nitrogens with zero attached hydrogens (tertiary/aromatic N) is 1. The second-order valence-corrected chi connectivity index (χ2v) is 4.56. The molecular weight excluding hydrogens is 232 g/mol. The molecule has 0 aliphatic heterocycles. The van der Waals surface area contributed by atoms with Crippen LogP contribution in [0.25, 0.3) is 12.2 Å². The number of hydrogen-bond donors (Lipinski definition) is 1. The Hall–Kier alpha value is -1.81. The largest absolute Gasteiger partial charge is 0.496 e. The molecule has 88 valence electrons. The van der Waals surface area contributed by atoms with Gasteiger partial charge in [0.1, 0.15) is 5.75 Å². The Kier molecular flexibility index (Phi) is 3.44. The van der Waals surface area contributed by atoms with Crippen LogP contribution in [0.5, 0.6) is 5.75 Å². The number of anilines is 1. The molecule has 2 aromatic rings. The first-order valence-corrected chi connectivity index (χ1v) is 6.11. The average molecular weight is 246 g/mol. The summed E-state index contributed by atoms with van der Waals surface area (Å²) in [6, 6.07) is 6.05. The summed E-state index contributed by atoms with van der Waals surface area (Å²) in [4.78, 5) is 4.17. The molecule has 1 heterocycles. The molecular formula is C13H14N2OS. The lowest BCUT2D eigenvalue weighted by atomic mass is 10.1. The minimum absolute atomic E-state index is 0.593. The van der Waals surface area contributed by atoms with Crippen molar-refractivity contribution in [2.24, 2.45) is 0 Å². The molecule has 3 nitrogen and oxygen atoms in total. The Labute approximate surface area is 105 Å². The van der Waals surface area contributed by atoms with Crippen LogP contribution in [0.4, 0.5) is 5.13 Å². The molecule has 0 saturated heterocycles. The zero-order valence-corrected chi connectivity index (χ0v) is 10.6. The van der Waals surface area contributed by atoms with Crippen LogP contribution in [-0.4, -0.2) is 12.1 Å². The Morgan fingerprint density at radius 1 is 1.35 bits per heavy atom. The second kappa shape index (κ2) is 5.01. The van der Waals surface area contributed by atoms with Crippen molar-refractivity contribution in [2.45, 2.75) is 6.92 Å². The lowest BCUT2D eigenvalue weighted by Gasteiger charge is -2.04. The van der Waals surface area contributed by atoms with Crippen LogP contribution in [0, 0.1) is 6.92 Å². The Morgan fingerprint density at radius 2 is 2.18 bits per heavy atom. The molecule has 1 aromatic carbocycles. The van der Waals surface area contributed by atoms with E-state index < -0.39 is 0 Å². The van der Waals surface area contributed by atoms with Crippen LogP contribution in [0.3, 0.4) is 0 Å². The van der Waals surface area contributed by atoms with Gasteiger partial charge in [0.15, 0.2) is 5.13 Å². The molecule has 1 aromatic heterocycles. The maximum atomic E-state index is 5.57. The summed E-state index contributed by atoms with van der Waals surface area (Å²) in [6.45, 7) is 2.02. The van der Waals surface area contributed by atoms with Crippen LogP contribution >= 0.6 is 11.3 Å². The van der Waals surface area contributed by atoms with Crippen LogP contribution in [0.2, 0.25) is 0 Å². The van der Waals surface area contributed by atoms with Gasteiger partial charge in [-0.15, -0.1) is 11.3 Å². The van der Waals surface area contributed by atoms with E-state index in [2.05, 4.69) is 11.1 Å². The summed E-state index contributed by atoms with van der Waals surface area (Å²) >= 11 is 1.44. The van der Waals surface area contributed by atoms with Crippen LogP contribution in [0.1, 0.15) is 16.8 Å². The molecule has 0 aliphatic rings. The van der Waals surface area contributed by atoms with E-state index in [1.807, 2.05) is 36.6 Å². The predicted molar refractivity (Wildman–Crippen MR) is 73.2 cm³/mol. The first-order valence-electron chi connectivity index (χ1n) is 5.23. The van der Waals surface area contributed by atoms with Crippen LogP contribution in [-0.2, 0) is 0 Å². The molecule has 0 radical (unpaired) electrons. The van der Waals surface area contributed by atoms with Gasteiger partial charge in [-0.1, -0.05) is 12.1 Å². The highest BCUT2D eigenvalue weighted by molar-refractivity contribution is 7.13. The van der Waals surface area contributed by atoms with Gasteiger partial charge in [-0.05, 0) is 36.3 Å². The number of ether oxygens (including phenoxy) is 1. The van der Waals surface area contributed by atoms with E-state index in [4.69, 9.17) is 10.5 Å². The summed E-state index contributed by atoms with van der Waals surface area (Å²) in [7, 11) is 1.68. The van der Waals surface area contributed by atoms with Crippen molar-refractivity contribution in [3.63, 3.8) is 0 Å². The van der Waals surface area contributed by atoms with Gasteiger partial charge in [0.05, 0.1) is 12.8 Å². The minimum atomic E-state index is 0.593. The lowest BCUT2D eigenvalue weighted by Crippen LogP contribution is -1.87. The summed E-state index contributed by atoms with van der Waals surface area (Å²) in [5.74, 6) is 0.903. The van der Waals surface area contributed by atoms with E-state index in [1.54, 1.807) is 7.11 Å². The molecule has 2 N–H and O–H groups in total. The number of nitrogen functional groups attached to an aromatic ring is 1. The van der Waals surface area contributed by atoms with Crippen molar-refractivity contribution < 1.29 is 4.74 Å². The summed E-state index contributed by atoms with van der Waals surface area (Å²) in [5.41, 5.74) is 8.69. The van der Waals surface area contributed by atoms with E-state index in [1.165, 1.54) is 11.3 Å². The van der Waals surface area contributed by atoms with Crippen molar-refractivity contribution >= 4 is 28.6 Å². The standard InChI is InChI=1S/C13H14N2OS/c1-9-7-10(4-6-12(9)16-2)3-5-11-8-17-13(14)15-11/h3-8H,1-2H3,(H2,14,15). The second-order valence-electron chi connectivity index (χ2n) is 3.67. The van der Waals surface area contributed by atoms with Crippen LogP contribution in [0.15, 0.2) is 23.6 Å². The smallest absolute Gasteiger partial charge is 0.180 e. The molecule has 2 rings (SSSR count). The van der Waals surface area contributed by atoms with Crippen molar-refractivity contribution in [3.8, 4) is 5.75 Å². The third-order valence-corrected chi connectivity index (χ3v) is 3.10. The molecule has 0 fully saturated rings. The van der Waals surface area contributed by atoms with E-state index >= 15 is 0 Å². The summed E-state index contributed by atoms with van der Waals surface area (Å²) in [6.07, 6.45) is 3.97. The fourth-order valence-corrected chi connectivity index (χ4v) is 2.10. The van der Waals surface area contributed by atoms with Crippen molar-refractivity contribution in [1.29, 1.82) is 0 Å². The minimum Gasteiger partial charge on any atom is -0.496 e. The van der Waals surface area contributed by atoms with Gasteiger partial charge in [-0.3, -0.25) is 0 Å². The highest BCUT2D eigenvalue weighted by Crippen LogP contribution is 2.20. The fourth-order valence-electron chi connectivity index (χ4n) is 1.56. The zero-order chi connectivity index (χ0) is 12.3. The van der Waals surface area contributed by atoms with Gasteiger partial charge in [-0.2, -0.15) is 0 Å². The summed E-state index contributed by atoms with van der Waals surface area (Å²) < 4.78 is 5.21. The first kappa shape index (κ1) is 11.7. The normalized spacial score (nSPS) is 10.9. The molecule has 0 spiro atoms. The molecule has 0 unspecified atom stereocenters. The van der Waals surface area contributed by atoms with Gasteiger partial charge in [-0.25, -0.2) is 4.98 Å². The Morgan fingerprint density at radius 3 is 2.76 bits per heavy atom. The molecule has 0 saturated carbocycles. The molecule has 17 heavy (non-hydrogen) atoms. The molecule has 0 atom stereocenters. The Bertz CT molecular complexity index is 546. The number of benzene rings is 1. The van der Waals surface area contributed by atoms with Gasteiger partial charge in [0, 0.05) is 5.38 Å². The van der Waals surface area contributed by atoms with Crippen LogP contribution < -0.4 is 10.5 Å². The number of methoxy groups -OCH3 is 1. The van der Waals surface area contributed by atoms with E-state index in [-0.39, 0.29) is 0 Å². The van der Waals surface area contributed by atoms with Gasteiger partial charge < -0.3 is 10.5 Å². The number of aryl methyl sites for hydroxylation is 1. The third-order valence-electron chi connectivity index (χ3n) is 2.41. The zero-order valence-electron chi connectivity index (χ0n) is 9.81. The highest BCUT2D eigenvalue weighted by atomic mass is 32.1. The third kappa shape index (κ3) is 2.85. The van der Waals surface area contributed by atoms with E-state index in [9.17, 15) is 0 Å². The monoisotopic (exact) mass is 246 g/mol. The van der Waals surface area contributed by atoms with Crippen molar-refractivity contribution in [1.82, 2.24) is 4.98 Å². The van der Waals surface area contributed by atoms with E-state index in [0.717, 1.165) is 22.6 Å². The van der Waals surface area contributed by atoms with Gasteiger partial charge in [0.2, 0.25) is 0 Å². The Balaban J connectivity index is 2.19. The predicted octanol–water partition coefficient (Wildman–Crippen LogP) is 3.21. The molecule has 0 bridgehead atoms. The number of aromatic nitrogens is 1. The van der Waals surface area contributed by atoms with Gasteiger partial charge in [0.25, 0.3) is 0 Å². The summed E-state index contributed by atoms with van der Waals surface area (Å²) in [5, 5.41) is 2.53. The highest BCUT2D eigenvalue weighted by Gasteiger charge is 1.98. The lowest BCUT2D eigenvalue weighted by molar-refractivity contribution is 0.411. The number of rotatable bonds is 3. The quantitative estimate of drug-likeness (QED) is 0.904. The number of hydrogen-bond acceptors (Lipinski definition) is 4. The van der Waals surface area contributed by atoms with Crippen molar-refractivity contribution in [3.05, 3.63) is 40.4 Å². The number of nitrogens with two attached hydrogens (primary N) is 1. The molecule has 0 amide bonds. The average Bonchev–Trinajstić information content (AvgIpc) is 2.73. The first-order chi connectivity index (χ1) is 8.19. The van der Waals surface area contributed by atoms with E-state index in [0.29, 0.717) is 5.13 Å². The molecule has 0 aliphatic carbocycles. The fraction of sp³-hybridized carbons (Fsp3) is 0.154. The molecule has 4 heteroatoms.